The summed E-state index contributed by atoms with van der Waals surface area (Å²) in [6.45, 7) is 4.46. The predicted molar refractivity (Wildman–Crippen MR) is 63.7 cm³/mol. The number of aromatic nitrogens is 3. The molecule has 1 amide bonds. The number of rotatable bonds is 7. The van der Waals surface area contributed by atoms with Crippen molar-refractivity contribution < 1.29 is 14.7 Å². The first-order valence-corrected chi connectivity index (χ1v) is 5.93. The molecule has 1 aromatic heterocycles. The summed E-state index contributed by atoms with van der Waals surface area (Å²) in [4.78, 5) is 26.0. The largest absolute Gasteiger partial charge is 0.481 e. The average molecular weight is 254 g/mol. The van der Waals surface area contributed by atoms with Gasteiger partial charge in [-0.05, 0) is 20.3 Å². The van der Waals surface area contributed by atoms with E-state index in [0.29, 0.717) is 18.8 Å². The van der Waals surface area contributed by atoms with Gasteiger partial charge >= 0.3 is 5.97 Å². The van der Waals surface area contributed by atoms with Crippen molar-refractivity contribution in [1.82, 2.24) is 20.1 Å². The molecule has 0 aliphatic carbocycles. The Hall–Kier alpha value is -1.92. The molecule has 7 heteroatoms. The van der Waals surface area contributed by atoms with Gasteiger partial charge in [-0.2, -0.15) is 5.10 Å². The maximum Gasteiger partial charge on any atom is 0.303 e. The van der Waals surface area contributed by atoms with E-state index >= 15 is 0 Å². The molecule has 0 saturated heterocycles. The van der Waals surface area contributed by atoms with E-state index in [1.165, 1.54) is 6.33 Å². The van der Waals surface area contributed by atoms with Gasteiger partial charge in [0.05, 0.1) is 6.04 Å². The van der Waals surface area contributed by atoms with Crippen LogP contribution in [0.3, 0.4) is 0 Å². The van der Waals surface area contributed by atoms with Crippen molar-refractivity contribution in [3.8, 4) is 0 Å². The Morgan fingerprint density at radius 3 is 2.83 bits per heavy atom. The monoisotopic (exact) mass is 254 g/mol. The zero-order valence-electron chi connectivity index (χ0n) is 10.6. The number of hydrogen-bond acceptors (Lipinski definition) is 4. The van der Waals surface area contributed by atoms with Gasteiger partial charge in [0.2, 0.25) is 5.91 Å². The van der Waals surface area contributed by atoms with Crippen LogP contribution in [0.5, 0.6) is 0 Å². The molecule has 1 rings (SSSR count). The molecule has 0 aliphatic heterocycles. The van der Waals surface area contributed by atoms with E-state index in [-0.39, 0.29) is 24.8 Å². The summed E-state index contributed by atoms with van der Waals surface area (Å²) >= 11 is 0. The van der Waals surface area contributed by atoms with Gasteiger partial charge in [0.15, 0.2) is 0 Å². The van der Waals surface area contributed by atoms with Crippen LogP contribution in [0.1, 0.15) is 45.0 Å². The van der Waals surface area contributed by atoms with Crippen LogP contribution in [-0.4, -0.2) is 31.7 Å². The van der Waals surface area contributed by atoms with Crippen LogP contribution in [0.15, 0.2) is 6.33 Å². The van der Waals surface area contributed by atoms with E-state index in [9.17, 15) is 9.59 Å². The van der Waals surface area contributed by atoms with E-state index < -0.39 is 5.97 Å². The van der Waals surface area contributed by atoms with Crippen molar-refractivity contribution in [3.63, 3.8) is 0 Å². The Morgan fingerprint density at radius 1 is 1.50 bits per heavy atom. The van der Waals surface area contributed by atoms with Crippen molar-refractivity contribution in [1.29, 1.82) is 0 Å². The highest BCUT2D eigenvalue weighted by Crippen LogP contribution is 2.08. The molecule has 18 heavy (non-hydrogen) atoms. The Bertz CT molecular complexity index is 416. The first-order chi connectivity index (χ1) is 8.54. The Kier molecular flexibility index (Phi) is 5.29. The van der Waals surface area contributed by atoms with Crippen molar-refractivity contribution in [3.05, 3.63) is 12.2 Å². The second kappa shape index (κ2) is 6.73. The summed E-state index contributed by atoms with van der Waals surface area (Å²) in [5, 5.41) is 15.3. The number of hydrogen-bond donors (Lipinski definition) is 2. The highest BCUT2D eigenvalue weighted by Gasteiger charge is 2.14. The SMILES string of the molecule is CCn1ncnc1[C@@H](C)NC(=O)CCCC(=O)O. The third-order valence-corrected chi connectivity index (χ3v) is 2.50. The molecule has 0 spiro atoms. The molecule has 2 N–H and O–H groups in total. The van der Waals surface area contributed by atoms with Crippen molar-refractivity contribution in [2.45, 2.75) is 45.7 Å². The third-order valence-electron chi connectivity index (χ3n) is 2.50. The average Bonchev–Trinajstić information content (AvgIpc) is 2.76. The van der Waals surface area contributed by atoms with E-state index in [0.717, 1.165) is 0 Å². The number of nitrogens with one attached hydrogen (secondary N) is 1. The van der Waals surface area contributed by atoms with E-state index in [2.05, 4.69) is 15.4 Å². The van der Waals surface area contributed by atoms with E-state index in [4.69, 9.17) is 5.11 Å². The number of carboxylic acid groups (broad SMARTS) is 1. The van der Waals surface area contributed by atoms with Crippen molar-refractivity contribution in [2.24, 2.45) is 0 Å². The number of aliphatic carboxylic acids is 1. The molecule has 1 aromatic rings. The standard InChI is InChI=1S/C11H18N4O3/c1-3-15-11(12-7-13-15)8(2)14-9(16)5-4-6-10(17)18/h7-8H,3-6H2,1-2H3,(H,14,16)(H,17,18)/t8-/m1/s1. The highest BCUT2D eigenvalue weighted by atomic mass is 16.4. The highest BCUT2D eigenvalue weighted by molar-refractivity contribution is 5.77. The van der Waals surface area contributed by atoms with Gasteiger partial charge in [-0.15, -0.1) is 0 Å². The molecule has 0 aliphatic rings. The Labute approximate surface area is 105 Å². The lowest BCUT2D eigenvalue weighted by Crippen LogP contribution is -2.28. The normalized spacial score (nSPS) is 12.1. The van der Waals surface area contributed by atoms with Crippen LogP contribution >= 0.6 is 0 Å². The molecule has 7 nitrogen and oxygen atoms in total. The van der Waals surface area contributed by atoms with Crippen LogP contribution in [0.25, 0.3) is 0 Å². The maximum absolute atomic E-state index is 11.6. The lowest BCUT2D eigenvalue weighted by molar-refractivity contribution is -0.137. The van der Waals surface area contributed by atoms with Crippen LogP contribution in [0.2, 0.25) is 0 Å². The predicted octanol–water partition coefficient (Wildman–Crippen LogP) is 0.730. The number of nitrogens with zero attached hydrogens (tertiary/aromatic N) is 3. The minimum Gasteiger partial charge on any atom is -0.481 e. The molecular weight excluding hydrogens is 236 g/mol. The third kappa shape index (κ3) is 4.15. The summed E-state index contributed by atoms with van der Waals surface area (Å²) in [7, 11) is 0. The summed E-state index contributed by atoms with van der Waals surface area (Å²) in [6.07, 6.45) is 2.00. The summed E-state index contributed by atoms with van der Waals surface area (Å²) < 4.78 is 1.71. The van der Waals surface area contributed by atoms with E-state index in [1.54, 1.807) is 4.68 Å². The first kappa shape index (κ1) is 14.1. The molecule has 0 aromatic carbocycles. The molecule has 0 bridgehead atoms. The van der Waals surface area contributed by atoms with Crippen LogP contribution < -0.4 is 5.32 Å². The second-order valence-electron chi connectivity index (χ2n) is 3.97. The summed E-state index contributed by atoms with van der Waals surface area (Å²) in [6, 6.07) is -0.232. The number of aryl methyl sites for hydroxylation is 1. The Balaban J connectivity index is 2.42. The number of amides is 1. The molecule has 0 saturated carbocycles. The Morgan fingerprint density at radius 2 is 2.22 bits per heavy atom. The van der Waals surface area contributed by atoms with Gasteiger partial charge in [0.25, 0.3) is 0 Å². The number of carbonyl (C=O) groups is 2. The lowest BCUT2D eigenvalue weighted by Gasteiger charge is -2.13. The quantitative estimate of drug-likeness (QED) is 0.747. The minimum absolute atomic E-state index is 0.00689. The fourth-order valence-corrected chi connectivity index (χ4v) is 1.63. The lowest BCUT2D eigenvalue weighted by atomic mass is 10.2. The molecule has 100 valence electrons. The van der Waals surface area contributed by atoms with E-state index in [1.807, 2.05) is 13.8 Å². The van der Waals surface area contributed by atoms with Crippen LogP contribution in [-0.2, 0) is 16.1 Å². The molecule has 0 fully saturated rings. The molecule has 0 radical (unpaired) electrons. The molecule has 1 heterocycles. The van der Waals surface area contributed by atoms with Crippen LogP contribution in [0, 0.1) is 0 Å². The summed E-state index contributed by atoms with van der Waals surface area (Å²) in [5.41, 5.74) is 0. The number of carboxylic acids is 1. The maximum atomic E-state index is 11.6. The van der Waals surface area contributed by atoms with Gasteiger partial charge < -0.3 is 10.4 Å². The zero-order chi connectivity index (χ0) is 13.5. The molecule has 0 unspecified atom stereocenters. The van der Waals surface area contributed by atoms with Gasteiger partial charge in [0, 0.05) is 19.4 Å². The van der Waals surface area contributed by atoms with Crippen LogP contribution in [0.4, 0.5) is 0 Å². The fraction of sp³-hybridized carbons (Fsp3) is 0.636. The topological polar surface area (TPSA) is 97.1 Å². The van der Waals surface area contributed by atoms with Gasteiger partial charge in [0.1, 0.15) is 12.2 Å². The second-order valence-corrected chi connectivity index (χ2v) is 3.97. The molecular formula is C11H18N4O3. The van der Waals surface area contributed by atoms with Gasteiger partial charge in [-0.25, -0.2) is 9.67 Å². The zero-order valence-corrected chi connectivity index (χ0v) is 10.6. The fourth-order valence-electron chi connectivity index (χ4n) is 1.63. The smallest absolute Gasteiger partial charge is 0.303 e. The van der Waals surface area contributed by atoms with Crippen molar-refractivity contribution in [2.75, 3.05) is 0 Å². The van der Waals surface area contributed by atoms with Gasteiger partial charge in [-0.3, -0.25) is 9.59 Å². The van der Waals surface area contributed by atoms with Crippen molar-refractivity contribution >= 4 is 11.9 Å². The minimum atomic E-state index is -0.887. The first-order valence-electron chi connectivity index (χ1n) is 5.93. The number of carbonyl (C=O) groups excluding carboxylic acids is 1. The molecule has 1 atom stereocenters. The summed E-state index contributed by atoms with van der Waals surface area (Å²) in [5.74, 6) is -0.361. The van der Waals surface area contributed by atoms with Gasteiger partial charge in [-0.1, -0.05) is 0 Å².